The number of rotatable bonds is 5. The van der Waals surface area contributed by atoms with Crippen LogP contribution in [0.3, 0.4) is 0 Å². The number of hydrogen-bond donors (Lipinski definition) is 1. The summed E-state index contributed by atoms with van der Waals surface area (Å²) in [4.78, 5) is 12.5. The Morgan fingerprint density at radius 3 is 3.17 bits per heavy atom. The molecule has 18 heavy (non-hydrogen) atoms. The third kappa shape index (κ3) is 2.90. The Labute approximate surface area is 115 Å². The van der Waals surface area contributed by atoms with E-state index < -0.39 is 0 Å². The molecule has 0 spiro atoms. The fourth-order valence-corrected chi connectivity index (χ4v) is 1.98. The number of alkyl halides is 1. The molecule has 96 valence electrons. The first-order valence-electron chi connectivity index (χ1n) is 6.07. The average Bonchev–Trinajstić information content (AvgIpc) is 2.82. The summed E-state index contributed by atoms with van der Waals surface area (Å²) in [7, 11) is 0. The zero-order valence-electron chi connectivity index (χ0n) is 10.3. The number of fused-ring (bicyclic) bond motifs is 1. The molecule has 0 aliphatic rings. The summed E-state index contributed by atoms with van der Waals surface area (Å²) in [5.74, 6) is -0.0630. The predicted octanol–water partition coefficient (Wildman–Crippen LogP) is 2.63. The molecule has 2 rings (SSSR count). The van der Waals surface area contributed by atoms with Gasteiger partial charge in [-0.1, -0.05) is 28.9 Å². The van der Waals surface area contributed by atoms with E-state index in [4.69, 9.17) is 0 Å². The van der Waals surface area contributed by atoms with E-state index in [-0.39, 0.29) is 5.91 Å². The molecule has 1 N–H and O–H groups in total. The first-order chi connectivity index (χ1) is 8.72. The van der Waals surface area contributed by atoms with Crippen molar-refractivity contribution in [1.82, 2.24) is 14.9 Å². The molecule has 0 fully saturated rings. The number of pyridine rings is 1. The van der Waals surface area contributed by atoms with Crippen molar-refractivity contribution >= 4 is 27.4 Å². The van der Waals surface area contributed by atoms with E-state index in [2.05, 4.69) is 33.3 Å². The van der Waals surface area contributed by atoms with Crippen LogP contribution in [0, 0.1) is 0 Å². The summed E-state index contributed by atoms with van der Waals surface area (Å²) in [6.07, 6.45) is 5.43. The molecule has 0 saturated heterocycles. The van der Waals surface area contributed by atoms with E-state index in [1.165, 1.54) is 0 Å². The van der Waals surface area contributed by atoms with Gasteiger partial charge in [0.05, 0.1) is 17.3 Å². The van der Waals surface area contributed by atoms with E-state index >= 15 is 0 Å². The van der Waals surface area contributed by atoms with Gasteiger partial charge >= 0.3 is 0 Å². The van der Waals surface area contributed by atoms with Crippen molar-refractivity contribution in [2.45, 2.75) is 24.6 Å². The minimum atomic E-state index is -0.0630. The number of halogens is 1. The van der Waals surface area contributed by atoms with Gasteiger partial charge in [0.15, 0.2) is 0 Å². The largest absolute Gasteiger partial charge is 0.352 e. The fraction of sp³-hybridized carbons (Fsp3) is 0.385. The first-order valence-corrected chi connectivity index (χ1v) is 6.98. The van der Waals surface area contributed by atoms with Crippen molar-refractivity contribution < 1.29 is 4.79 Å². The van der Waals surface area contributed by atoms with Gasteiger partial charge in [-0.15, -0.1) is 0 Å². The Hall–Kier alpha value is -1.36. The number of carbonyl (C=O) groups excluding carboxylic acids is 1. The maximum Gasteiger partial charge on any atom is 0.255 e. The second-order valence-corrected chi connectivity index (χ2v) is 5.43. The van der Waals surface area contributed by atoms with Gasteiger partial charge in [-0.2, -0.15) is 5.10 Å². The number of nitrogens with one attached hydrogen (secondary N) is 1. The number of amides is 1. The third-order valence-corrected chi connectivity index (χ3v) is 3.96. The van der Waals surface area contributed by atoms with Crippen LogP contribution in [-0.4, -0.2) is 26.9 Å². The van der Waals surface area contributed by atoms with Crippen LogP contribution in [0.2, 0.25) is 0 Å². The van der Waals surface area contributed by atoms with Gasteiger partial charge in [-0.25, -0.2) is 4.52 Å². The van der Waals surface area contributed by atoms with Crippen molar-refractivity contribution in [2.75, 3.05) is 6.54 Å². The molecule has 2 aromatic rings. The lowest BCUT2D eigenvalue weighted by atomic mass is 10.2. The highest BCUT2D eigenvalue weighted by atomic mass is 79.9. The minimum Gasteiger partial charge on any atom is -0.352 e. The lowest BCUT2D eigenvalue weighted by Gasteiger charge is -2.07. The predicted molar refractivity (Wildman–Crippen MR) is 75.1 cm³/mol. The van der Waals surface area contributed by atoms with Crippen LogP contribution in [0.25, 0.3) is 5.52 Å². The van der Waals surface area contributed by atoms with Crippen molar-refractivity contribution in [3.63, 3.8) is 0 Å². The normalized spacial score (nSPS) is 12.6. The molecule has 5 heteroatoms. The van der Waals surface area contributed by atoms with Crippen molar-refractivity contribution in [1.29, 1.82) is 0 Å². The molecule has 0 bridgehead atoms. The van der Waals surface area contributed by atoms with Crippen LogP contribution in [0.4, 0.5) is 0 Å². The SMILES string of the molecule is CCC(Br)CCNC(=O)c1cnn2ccccc12. The van der Waals surface area contributed by atoms with E-state index in [9.17, 15) is 4.79 Å². The summed E-state index contributed by atoms with van der Waals surface area (Å²) >= 11 is 3.55. The molecule has 0 aromatic carbocycles. The smallest absolute Gasteiger partial charge is 0.255 e. The molecule has 0 aliphatic carbocycles. The van der Waals surface area contributed by atoms with Gasteiger partial charge in [-0.05, 0) is 25.0 Å². The summed E-state index contributed by atoms with van der Waals surface area (Å²) in [5.41, 5.74) is 1.46. The number of nitrogens with zero attached hydrogens (tertiary/aromatic N) is 2. The van der Waals surface area contributed by atoms with Gasteiger partial charge in [-0.3, -0.25) is 4.79 Å². The summed E-state index contributed by atoms with van der Waals surface area (Å²) < 4.78 is 1.70. The highest BCUT2D eigenvalue weighted by molar-refractivity contribution is 9.09. The average molecular weight is 310 g/mol. The van der Waals surface area contributed by atoms with E-state index in [1.807, 2.05) is 24.4 Å². The monoisotopic (exact) mass is 309 g/mol. The molecular formula is C13H16BrN3O. The van der Waals surface area contributed by atoms with Crippen LogP contribution < -0.4 is 5.32 Å². The second kappa shape index (κ2) is 6.00. The van der Waals surface area contributed by atoms with Crippen LogP contribution in [0.15, 0.2) is 30.6 Å². The number of carbonyl (C=O) groups is 1. The van der Waals surface area contributed by atoms with E-state index in [0.717, 1.165) is 18.4 Å². The van der Waals surface area contributed by atoms with Crippen LogP contribution >= 0.6 is 15.9 Å². The topological polar surface area (TPSA) is 46.4 Å². The summed E-state index contributed by atoms with van der Waals surface area (Å²) in [6, 6.07) is 5.68. The van der Waals surface area contributed by atoms with Gasteiger partial charge < -0.3 is 5.32 Å². The Morgan fingerprint density at radius 2 is 2.39 bits per heavy atom. The number of hydrogen-bond acceptors (Lipinski definition) is 2. The molecule has 4 nitrogen and oxygen atoms in total. The van der Waals surface area contributed by atoms with Crippen LogP contribution in [-0.2, 0) is 0 Å². The molecule has 1 unspecified atom stereocenters. The summed E-state index contributed by atoms with van der Waals surface area (Å²) in [5, 5.41) is 7.07. The maximum absolute atomic E-state index is 12.0. The minimum absolute atomic E-state index is 0.0630. The lowest BCUT2D eigenvalue weighted by Crippen LogP contribution is -2.25. The lowest BCUT2D eigenvalue weighted by molar-refractivity contribution is 0.0955. The molecule has 1 atom stereocenters. The standard InChI is InChI=1S/C13H16BrN3O/c1-2-10(14)6-7-15-13(18)11-9-16-17-8-4-3-5-12(11)17/h3-5,8-10H,2,6-7H2,1H3,(H,15,18). The van der Waals surface area contributed by atoms with Crippen molar-refractivity contribution in [3.05, 3.63) is 36.2 Å². The van der Waals surface area contributed by atoms with Crippen LogP contribution in [0.1, 0.15) is 30.1 Å². The first kappa shape index (κ1) is 13.1. The van der Waals surface area contributed by atoms with Crippen molar-refractivity contribution in [2.24, 2.45) is 0 Å². The van der Waals surface area contributed by atoms with Gasteiger partial charge in [0, 0.05) is 17.6 Å². The molecule has 0 saturated carbocycles. The second-order valence-electron chi connectivity index (χ2n) is 4.14. The molecule has 2 heterocycles. The quantitative estimate of drug-likeness (QED) is 0.863. The van der Waals surface area contributed by atoms with Crippen LogP contribution in [0.5, 0.6) is 0 Å². The molecule has 2 aromatic heterocycles. The van der Waals surface area contributed by atoms with Gasteiger partial charge in [0.25, 0.3) is 5.91 Å². The highest BCUT2D eigenvalue weighted by Crippen LogP contribution is 2.11. The fourth-order valence-electron chi connectivity index (χ4n) is 1.75. The molecule has 0 aliphatic heterocycles. The Bertz CT molecular complexity index is 538. The molecule has 0 radical (unpaired) electrons. The zero-order valence-corrected chi connectivity index (χ0v) is 11.9. The van der Waals surface area contributed by atoms with Gasteiger partial charge in [0.2, 0.25) is 0 Å². The summed E-state index contributed by atoms with van der Waals surface area (Å²) in [6.45, 7) is 2.79. The molecular weight excluding hydrogens is 294 g/mol. The van der Waals surface area contributed by atoms with E-state index in [0.29, 0.717) is 16.9 Å². The number of aromatic nitrogens is 2. The van der Waals surface area contributed by atoms with Gasteiger partial charge in [0.1, 0.15) is 0 Å². The maximum atomic E-state index is 12.0. The van der Waals surface area contributed by atoms with E-state index in [1.54, 1.807) is 10.7 Å². The van der Waals surface area contributed by atoms with Crippen molar-refractivity contribution in [3.8, 4) is 0 Å². The third-order valence-electron chi connectivity index (χ3n) is 2.86. The zero-order chi connectivity index (χ0) is 13.0. The Balaban J connectivity index is 2.01. The molecule has 1 amide bonds. The Kier molecular flexibility index (Phi) is 4.36. The Morgan fingerprint density at radius 1 is 1.56 bits per heavy atom. The highest BCUT2D eigenvalue weighted by Gasteiger charge is 2.11.